The summed E-state index contributed by atoms with van der Waals surface area (Å²) >= 11 is 0. The molecule has 90 valence electrons. The van der Waals surface area contributed by atoms with Crippen LogP contribution in [-0.2, 0) is 6.54 Å². The predicted molar refractivity (Wildman–Crippen MR) is 59.7 cm³/mol. The van der Waals surface area contributed by atoms with Crippen LogP contribution in [0.2, 0.25) is 0 Å². The average molecular weight is 236 g/mol. The minimum absolute atomic E-state index is 0.0753. The van der Waals surface area contributed by atoms with E-state index in [-0.39, 0.29) is 11.8 Å². The van der Waals surface area contributed by atoms with Gasteiger partial charge >= 0.3 is 0 Å². The number of aromatic nitrogens is 3. The van der Waals surface area contributed by atoms with Crippen molar-refractivity contribution in [2.24, 2.45) is 0 Å². The second kappa shape index (κ2) is 4.92. The second-order valence-corrected chi connectivity index (χ2v) is 3.74. The minimum atomic E-state index is -0.428. The fourth-order valence-corrected chi connectivity index (χ4v) is 1.54. The van der Waals surface area contributed by atoms with E-state index in [9.17, 15) is 4.39 Å². The first-order chi connectivity index (χ1) is 8.16. The summed E-state index contributed by atoms with van der Waals surface area (Å²) in [7, 11) is 0. The lowest BCUT2D eigenvalue weighted by molar-refractivity contribution is 0.463. The number of phenols is 1. The average Bonchev–Trinajstić information content (AvgIpc) is 2.78. The number of H-pyrrole nitrogens is 1. The first-order valence-corrected chi connectivity index (χ1v) is 5.23. The van der Waals surface area contributed by atoms with Crippen molar-refractivity contribution >= 4 is 0 Å². The van der Waals surface area contributed by atoms with Gasteiger partial charge in [0.2, 0.25) is 0 Å². The summed E-state index contributed by atoms with van der Waals surface area (Å²) in [5.41, 5.74) is 0.502. The van der Waals surface area contributed by atoms with Crippen LogP contribution in [-0.4, -0.2) is 20.3 Å². The normalized spacial score (nSPS) is 12.6. The topological polar surface area (TPSA) is 73.8 Å². The van der Waals surface area contributed by atoms with Crippen LogP contribution in [0.4, 0.5) is 4.39 Å². The zero-order valence-corrected chi connectivity index (χ0v) is 9.31. The van der Waals surface area contributed by atoms with Crippen molar-refractivity contribution in [3.8, 4) is 5.75 Å². The number of hydrogen-bond donors (Lipinski definition) is 3. The Kier molecular flexibility index (Phi) is 3.34. The molecule has 1 atom stereocenters. The van der Waals surface area contributed by atoms with E-state index in [1.54, 1.807) is 6.07 Å². The van der Waals surface area contributed by atoms with Crippen molar-refractivity contribution in [2.45, 2.75) is 19.5 Å². The molecule has 0 bridgehead atoms. The Hall–Kier alpha value is -1.95. The number of halogens is 1. The van der Waals surface area contributed by atoms with Crippen molar-refractivity contribution in [3.63, 3.8) is 0 Å². The molecule has 6 heteroatoms. The van der Waals surface area contributed by atoms with Gasteiger partial charge < -0.3 is 10.4 Å². The molecule has 1 heterocycles. The van der Waals surface area contributed by atoms with Crippen molar-refractivity contribution in [2.75, 3.05) is 0 Å². The quantitative estimate of drug-likeness (QED) is 0.752. The van der Waals surface area contributed by atoms with E-state index >= 15 is 0 Å². The number of nitrogens with zero attached hydrogens (tertiary/aromatic N) is 2. The van der Waals surface area contributed by atoms with E-state index < -0.39 is 5.82 Å². The van der Waals surface area contributed by atoms with Gasteiger partial charge in [0.25, 0.3) is 0 Å². The molecule has 0 aliphatic heterocycles. The van der Waals surface area contributed by atoms with Gasteiger partial charge in [0.05, 0.1) is 6.54 Å². The zero-order valence-electron chi connectivity index (χ0n) is 9.31. The molecule has 0 spiro atoms. The van der Waals surface area contributed by atoms with Crippen LogP contribution in [0.25, 0.3) is 0 Å². The van der Waals surface area contributed by atoms with Gasteiger partial charge in [-0.15, -0.1) is 0 Å². The largest absolute Gasteiger partial charge is 0.508 e. The van der Waals surface area contributed by atoms with Gasteiger partial charge in [-0.05, 0) is 13.0 Å². The Morgan fingerprint density at radius 1 is 1.53 bits per heavy atom. The first-order valence-electron chi connectivity index (χ1n) is 5.23. The first kappa shape index (κ1) is 11.5. The third-order valence-corrected chi connectivity index (χ3v) is 2.49. The van der Waals surface area contributed by atoms with E-state index in [4.69, 9.17) is 5.11 Å². The Bertz CT molecular complexity index is 486. The summed E-state index contributed by atoms with van der Waals surface area (Å²) in [4.78, 5) is 3.96. The van der Waals surface area contributed by atoms with Crippen molar-refractivity contribution in [1.82, 2.24) is 20.5 Å². The number of aromatic hydroxyl groups is 1. The molecule has 1 aromatic heterocycles. The van der Waals surface area contributed by atoms with Gasteiger partial charge in [-0.1, -0.05) is 6.07 Å². The van der Waals surface area contributed by atoms with E-state index in [2.05, 4.69) is 20.5 Å². The monoisotopic (exact) mass is 236 g/mol. The second-order valence-electron chi connectivity index (χ2n) is 3.74. The molecule has 0 saturated carbocycles. The summed E-state index contributed by atoms with van der Waals surface area (Å²) in [6.45, 7) is 2.31. The molecule has 0 radical (unpaired) electrons. The molecule has 3 N–H and O–H groups in total. The van der Waals surface area contributed by atoms with E-state index in [0.717, 1.165) is 6.07 Å². The predicted octanol–water partition coefficient (Wildman–Crippen LogP) is 1.50. The summed E-state index contributed by atoms with van der Waals surface area (Å²) in [6.07, 6.45) is 1.42. The highest BCUT2D eigenvalue weighted by Crippen LogP contribution is 2.20. The Morgan fingerprint density at radius 3 is 3.00 bits per heavy atom. The van der Waals surface area contributed by atoms with E-state index in [1.165, 1.54) is 12.4 Å². The molecule has 0 saturated heterocycles. The van der Waals surface area contributed by atoms with Crippen LogP contribution in [0.15, 0.2) is 24.5 Å². The number of rotatable bonds is 4. The molecule has 1 aromatic carbocycles. The van der Waals surface area contributed by atoms with Gasteiger partial charge in [-0.2, -0.15) is 5.10 Å². The summed E-state index contributed by atoms with van der Waals surface area (Å²) in [5.74, 6) is 0.187. The standard InChI is InChI=1S/C11H13FN4O/c1-7(13-5-11-14-6-15-16-11)9-3-2-8(17)4-10(9)12/h2-4,6-7,13,17H,5H2,1H3,(H,14,15,16). The van der Waals surface area contributed by atoms with Crippen LogP contribution in [0.5, 0.6) is 5.75 Å². The van der Waals surface area contributed by atoms with Gasteiger partial charge in [-0.25, -0.2) is 9.37 Å². The number of nitrogens with one attached hydrogen (secondary N) is 2. The molecule has 2 rings (SSSR count). The van der Waals surface area contributed by atoms with Crippen LogP contribution >= 0.6 is 0 Å². The Labute approximate surface area is 97.7 Å². The Balaban J connectivity index is 2.01. The molecule has 17 heavy (non-hydrogen) atoms. The molecule has 2 aromatic rings. The number of phenolic OH excluding ortho intramolecular Hbond substituents is 1. The zero-order chi connectivity index (χ0) is 12.3. The van der Waals surface area contributed by atoms with Gasteiger partial charge in [0.1, 0.15) is 23.7 Å². The molecule has 0 amide bonds. The third-order valence-electron chi connectivity index (χ3n) is 2.49. The smallest absolute Gasteiger partial charge is 0.138 e. The molecule has 1 unspecified atom stereocenters. The number of benzene rings is 1. The summed E-state index contributed by atoms with van der Waals surface area (Å²) in [5, 5.41) is 18.7. The van der Waals surface area contributed by atoms with Gasteiger partial charge in [0, 0.05) is 17.7 Å². The lowest BCUT2D eigenvalue weighted by atomic mass is 10.1. The molecule has 0 aliphatic rings. The number of aromatic amines is 1. The molecule has 0 fully saturated rings. The van der Waals surface area contributed by atoms with E-state index in [1.807, 2.05) is 6.92 Å². The highest BCUT2D eigenvalue weighted by atomic mass is 19.1. The molecule has 0 aliphatic carbocycles. The van der Waals surface area contributed by atoms with E-state index in [0.29, 0.717) is 17.9 Å². The molecule has 5 nitrogen and oxygen atoms in total. The highest BCUT2D eigenvalue weighted by Gasteiger charge is 2.11. The summed E-state index contributed by atoms with van der Waals surface area (Å²) in [6, 6.07) is 3.94. The van der Waals surface area contributed by atoms with Gasteiger partial charge in [0.15, 0.2) is 0 Å². The highest BCUT2D eigenvalue weighted by molar-refractivity contribution is 5.29. The maximum atomic E-state index is 13.5. The maximum Gasteiger partial charge on any atom is 0.138 e. The van der Waals surface area contributed by atoms with Crippen molar-refractivity contribution in [3.05, 3.63) is 41.7 Å². The van der Waals surface area contributed by atoms with Crippen LogP contribution in [0.3, 0.4) is 0 Å². The Morgan fingerprint density at radius 2 is 2.35 bits per heavy atom. The fraction of sp³-hybridized carbons (Fsp3) is 0.273. The SMILES string of the molecule is CC(NCc1ncn[nH]1)c1ccc(O)cc1F. The molecular formula is C11H13FN4O. The van der Waals surface area contributed by atoms with Gasteiger partial charge in [-0.3, -0.25) is 5.10 Å². The van der Waals surface area contributed by atoms with Crippen LogP contribution in [0.1, 0.15) is 24.4 Å². The van der Waals surface area contributed by atoms with Crippen molar-refractivity contribution in [1.29, 1.82) is 0 Å². The fourth-order valence-electron chi connectivity index (χ4n) is 1.54. The third kappa shape index (κ3) is 2.79. The van der Waals surface area contributed by atoms with Crippen LogP contribution in [0, 0.1) is 5.82 Å². The summed E-state index contributed by atoms with van der Waals surface area (Å²) < 4.78 is 13.5. The lowest BCUT2D eigenvalue weighted by Gasteiger charge is -2.14. The number of hydrogen-bond acceptors (Lipinski definition) is 4. The maximum absolute atomic E-state index is 13.5. The van der Waals surface area contributed by atoms with Crippen LogP contribution < -0.4 is 5.32 Å². The van der Waals surface area contributed by atoms with Crippen molar-refractivity contribution < 1.29 is 9.50 Å². The lowest BCUT2D eigenvalue weighted by Crippen LogP contribution is -2.19. The molecular weight excluding hydrogens is 223 g/mol. The minimum Gasteiger partial charge on any atom is -0.508 e.